The molecule has 6 heteroatoms. The van der Waals surface area contributed by atoms with Gasteiger partial charge in [0.05, 0.1) is 16.7 Å². The molecule has 0 amide bonds. The molecule has 0 aliphatic rings. The molecular weight excluding hydrogens is 324 g/mol. The summed E-state index contributed by atoms with van der Waals surface area (Å²) in [5, 5.41) is 4.20. The van der Waals surface area contributed by atoms with Crippen molar-refractivity contribution < 1.29 is 0 Å². The Bertz CT molecular complexity index is 744. The zero-order valence-corrected chi connectivity index (χ0v) is 13.3. The van der Waals surface area contributed by atoms with Gasteiger partial charge >= 0.3 is 0 Å². The molecule has 19 heavy (non-hydrogen) atoms. The zero-order chi connectivity index (χ0) is 13.6. The van der Waals surface area contributed by atoms with Crippen LogP contribution in [0.2, 0.25) is 0 Å². The Labute approximate surface area is 123 Å². The number of aromatic amines is 1. The molecule has 0 unspecified atom stereocenters. The van der Waals surface area contributed by atoms with Crippen LogP contribution in [-0.2, 0) is 0 Å². The van der Waals surface area contributed by atoms with Crippen LogP contribution in [0.3, 0.4) is 0 Å². The lowest BCUT2D eigenvalue weighted by Gasteiger charge is -2.00. The highest BCUT2D eigenvalue weighted by Gasteiger charge is 2.17. The van der Waals surface area contributed by atoms with Crippen molar-refractivity contribution in [2.24, 2.45) is 0 Å². The number of imidazole rings is 1. The number of nitrogens with one attached hydrogen (secondary N) is 1. The summed E-state index contributed by atoms with van der Waals surface area (Å²) in [7, 11) is 0. The summed E-state index contributed by atoms with van der Waals surface area (Å²) in [6.45, 7) is 6.29. The second kappa shape index (κ2) is 4.68. The number of fused-ring (bicyclic) bond motifs is 1. The van der Waals surface area contributed by atoms with E-state index in [9.17, 15) is 0 Å². The van der Waals surface area contributed by atoms with Crippen LogP contribution in [0.4, 0.5) is 0 Å². The number of rotatable bonds is 2. The smallest absolute Gasteiger partial charge is 0.152 e. The first-order valence-electron chi connectivity index (χ1n) is 6.04. The van der Waals surface area contributed by atoms with Crippen molar-refractivity contribution in [1.29, 1.82) is 0 Å². The van der Waals surface area contributed by atoms with E-state index in [4.69, 9.17) is 4.98 Å². The van der Waals surface area contributed by atoms with Crippen LogP contribution >= 0.6 is 27.5 Å². The van der Waals surface area contributed by atoms with Crippen LogP contribution in [-0.4, -0.2) is 19.6 Å². The van der Waals surface area contributed by atoms with Crippen molar-refractivity contribution in [3.63, 3.8) is 0 Å². The summed E-state index contributed by atoms with van der Waals surface area (Å²) < 4.78 is 5.11. The minimum absolute atomic E-state index is 0.342. The number of halogens is 1. The molecule has 1 aromatic carbocycles. The summed E-state index contributed by atoms with van der Waals surface area (Å²) in [6.07, 6.45) is 0. The van der Waals surface area contributed by atoms with Crippen molar-refractivity contribution in [1.82, 2.24) is 19.6 Å². The Kier molecular flexibility index (Phi) is 3.14. The topological polar surface area (TPSA) is 54.5 Å². The Hall–Kier alpha value is -1.27. The van der Waals surface area contributed by atoms with E-state index in [-0.39, 0.29) is 0 Å². The zero-order valence-electron chi connectivity index (χ0n) is 10.9. The monoisotopic (exact) mass is 336 g/mol. The standard InChI is InChI=1S/C13H13BrN4S/c1-6(2)10-12(19-18-17-10)13-15-9-5-8(14)4-7(3)11(9)16-13/h4-6H,1-3H3,(H,15,16). The summed E-state index contributed by atoms with van der Waals surface area (Å²) >= 11 is 4.90. The fourth-order valence-electron chi connectivity index (χ4n) is 2.09. The highest BCUT2D eigenvalue weighted by Crippen LogP contribution is 2.31. The maximum Gasteiger partial charge on any atom is 0.152 e. The number of nitrogens with zero attached hydrogens (tertiary/aromatic N) is 3. The summed E-state index contributed by atoms with van der Waals surface area (Å²) in [4.78, 5) is 9.09. The lowest BCUT2D eigenvalue weighted by molar-refractivity contribution is 0.813. The third-order valence-corrected chi connectivity index (χ3v) is 4.22. The second-order valence-corrected chi connectivity index (χ2v) is 6.52. The van der Waals surface area contributed by atoms with E-state index in [2.05, 4.69) is 57.3 Å². The minimum atomic E-state index is 0.342. The molecule has 0 fully saturated rings. The molecule has 2 heterocycles. The van der Waals surface area contributed by atoms with Gasteiger partial charge in [-0.05, 0) is 42.1 Å². The van der Waals surface area contributed by atoms with Gasteiger partial charge in [-0.1, -0.05) is 34.3 Å². The third-order valence-electron chi connectivity index (χ3n) is 3.02. The largest absolute Gasteiger partial charge is 0.337 e. The van der Waals surface area contributed by atoms with Gasteiger partial charge < -0.3 is 4.98 Å². The van der Waals surface area contributed by atoms with Crippen LogP contribution in [0, 0.1) is 6.92 Å². The molecule has 98 valence electrons. The van der Waals surface area contributed by atoms with Gasteiger partial charge in [-0.3, -0.25) is 0 Å². The van der Waals surface area contributed by atoms with E-state index in [0.29, 0.717) is 5.92 Å². The fraction of sp³-hybridized carbons (Fsp3) is 0.308. The van der Waals surface area contributed by atoms with E-state index in [1.165, 1.54) is 11.5 Å². The van der Waals surface area contributed by atoms with E-state index in [1.54, 1.807) is 0 Å². The lowest BCUT2D eigenvalue weighted by Crippen LogP contribution is -1.91. The molecule has 0 spiro atoms. The molecule has 1 N–H and O–H groups in total. The van der Waals surface area contributed by atoms with E-state index >= 15 is 0 Å². The van der Waals surface area contributed by atoms with Gasteiger partial charge in [-0.15, -0.1) is 5.10 Å². The normalized spacial score (nSPS) is 11.6. The predicted octanol–water partition coefficient (Wildman–Crippen LogP) is 4.28. The average Bonchev–Trinajstić information content (AvgIpc) is 2.92. The molecule has 0 aliphatic heterocycles. The number of hydrogen-bond donors (Lipinski definition) is 1. The maximum absolute atomic E-state index is 4.69. The SMILES string of the molecule is Cc1cc(Br)cc2[nH]c(-c3snnc3C(C)C)nc12. The molecule has 0 saturated heterocycles. The highest BCUT2D eigenvalue weighted by molar-refractivity contribution is 9.10. The van der Waals surface area contributed by atoms with E-state index < -0.39 is 0 Å². The Morgan fingerprint density at radius 1 is 1.32 bits per heavy atom. The average molecular weight is 337 g/mol. The number of H-pyrrole nitrogens is 1. The molecule has 3 rings (SSSR count). The van der Waals surface area contributed by atoms with Crippen LogP contribution < -0.4 is 0 Å². The molecule has 0 saturated carbocycles. The van der Waals surface area contributed by atoms with Gasteiger partial charge in [0, 0.05) is 4.47 Å². The number of aryl methyl sites for hydroxylation is 1. The number of hydrogen-bond acceptors (Lipinski definition) is 4. The van der Waals surface area contributed by atoms with Crippen molar-refractivity contribution in [2.45, 2.75) is 26.7 Å². The van der Waals surface area contributed by atoms with Crippen molar-refractivity contribution in [3.8, 4) is 10.7 Å². The number of benzene rings is 1. The van der Waals surface area contributed by atoms with Gasteiger partial charge in [0.25, 0.3) is 0 Å². The number of aromatic nitrogens is 4. The van der Waals surface area contributed by atoms with Gasteiger partial charge in [0.15, 0.2) is 5.82 Å². The maximum atomic E-state index is 4.69. The molecule has 0 atom stereocenters. The highest BCUT2D eigenvalue weighted by atomic mass is 79.9. The second-order valence-electron chi connectivity index (χ2n) is 4.85. The Balaban J connectivity index is 2.21. The fourth-order valence-corrected chi connectivity index (χ4v) is 3.43. The van der Waals surface area contributed by atoms with E-state index in [0.717, 1.165) is 37.5 Å². The molecule has 2 aromatic heterocycles. The first kappa shape index (κ1) is 12.7. The van der Waals surface area contributed by atoms with Crippen LogP contribution in [0.15, 0.2) is 16.6 Å². The minimum Gasteiger partial charge on any atom is -0.337 e. The predicted molar refractivity (Wildman–Crippen MR) is 81.5 cm³/mol. The third kappa shape index (κ3) is 2.19. The van der Waals surface area contributed by atoms with Crippen molar-refractivity contribution in [3.05, 3.63) is 27.9 Å². The Morgan fingerprint density at radius 2 is 2.11 bits per heavy atom. The summed E-state index contributed by atoms with van der Waals surface area (Å²) in [5.74, 6) is 1.20. The Morgan fingerprint density at radius 3 is 2.84 bits per heavy atom. The lowest BCUT2D eigenvalue weighted by atomic mass is 10.1. The molecule has 3 aromatic rings. The van der Waals surface area contributed by atoms with Crippen molar-refractivity contribution >= 4 is 38.5 Å². The molecular formula is C13H13BrN4S. The molecule has 4 nitrogen and oxygen atoms in total. The summed E-state index contributed by atoms with van der Waals surface area (Å²) in [6, 6.07) is 4.11. The molecule has 0 radical (unpaired) electrons. The van der Waals surface area contributed by atoms with Crippen LogP contribution in [0.25, 0.3) is 21.7 Å². The van der Waals surface area contributed by atoms with Gasteiger partial charge in [0.2, 0.25) is 0 Å². The van der Waals surface area contributed by atoms with Crippen molar-refractivity contribution in [2.75, 3.05) is 0 Å². The van der Waals surface area contributed by atoms with E-state index in [1.807, 2.05) is 6.07 Å². The van der Waals surface area contributed by atoms with Gasteiger partial charge in [-0.25, -0.2) is 4.98 Å². The van der Waals surface area contributed by atoms with Gasteiger partial charge in [0.1, 0.15) is 4.88 Å². The summed E-state index contributed by atoms with van der Waals surface area (Å²) in [5.41, 5.74) is 4.18. The first-order valence-corrected chi connectivity index (χ1v) is 7.61. The van der Waals surface area contributed by atoms with Crippen LogP contribution in [0.1, 0.15) is 31.0 Å². The first-order chi connectivity index (χ1) is 9.06. The van der Waals surface area contributed by atoms with Crippen LogP contribution in [0.5, 0.6) is 0 Å². The quantitative estimate of drug-likeness (QED) is 0.759. The molecule has 0 bridgehead atoms. The van der Waals surface area contributed by atoms with Gasteiger partial charge in [-0.2, -0.15) is 0 Å². The molecule has 0 aliphatic carbocycles.